The first kappa shape index (κ1) is 27.1. The van der Waals surface area contributed by atoms with Gasteiger partial charge in [-0.05, 0) is 64.8 Å². The quantitative estimate of drug-likeness (QED) is 0.273. The van der Waals surface area contributed by atoms with Crippen LogP contribution in [0.25, 0.3) is 22.5 Å². The SMILES string of the molecule is CC(C)(C)c1ccc(C(=O)N[C@@H](Cc2ccc(-c3ncc(-c4ccc5c(c4)CCCN5)cn3)cc2)C(=O)O)cc1. The van der Waals surface area contributed by atoms with Crippen LogP contribution in [0, 0.1) is 0 Å². The maximum absolute atomic E-state index is 12.8. The van der Waals surface area contributed by atoms with E-state index in [0.29, 0.717) is 11.4 Å². The summed E-state index contributed by atoms with van der Waals surface area (Å²) in [5, 5.41) is 15.9. The van der Waals surface area contributed by atoms with Gasteiger partial charge in [-0.2, -0.15) is 0 Å². The number of carbonyl (C=O) groups is 2. The van der Waals surface area contributed by atoms with Crippen LogP contribution in [-0.4, -0.2) is 39.5 Å². The third-order valence-electron chi connectivity index (χ3n) is 7.30. The number of aromatic nitrogens is 2. The molecule has 0 radical (unpaired) electrons. The molecule has 1 aromatic heterocycles. The van der Waals surface area contributed by atoms with E-state index in [2.05, 4.69) is 59.6 Å². The van der Waals surface area contributed by atoms with Crippen LogP contribution >= 0.6 is 0 Å². The number of fused-ring (bicyclic) bond motifs is 1. The molecule has 2 heterocycles. The van der Waals surface area contributed by atoms with Gasteiger partial charge in [-0.1, -0.05) is 63.2 Å². The summed E-state index contributed by atoms with van der Waals surface area (Å²) < 4.78 is 0. The highest BCUT2D eigenvalue weighted by Gasteiger charge is 2.22. The van der Waals surface area contributed by atoms with E-state index >= 15 is 0 Å². The van der Waals surface area contributed by atoms with Gasteiger partial charge in [0, 0.05) is 47.7 Å². The van der Waals surface area contributed by atoms with Gasteiger partial charge in [-0.15, -0.1) is 0 Å². The number of aliphatic carboxylic acids is 1. The van der Waals surface area contributed by atoms with Gasteiger partial charge in [0.2, 0.25) is 0 Å². The van der Waals surface area contributed by atoms with E-state index in [1.165, 1.54) is 11.3 Å². The Kier molecular flexibility index (Phi) is 7.65. The molecule has 0 bridgehead atoms. The van der Waals surface area contributed by atoms with Gasteiger partial charge in [0.1, 0.15) is 6.04 Å². The third-order valence-corrected chi connectivity index (χ3v) is 7.30. The first-order chi connectivity index (χ1) is 19.2. The molecule has 204 valence electrons. The minimum Gasteiger partial charge on any atom is -0.480 e. The zero-order valence-electron chi connectivity index (χ0n) is 23.1. The van der Waals surface area contributed by atoms with E-state index in [4.69, 9.17) is 0 Å². The molecular formula is C33H34N4O3. The summed E-state index contributed by atoms with van der Waals surface area (Å²) in [4.78, 5) is 33.8. The molecule has 4 aromatic rings. The van der Waals surface area contributed by atoms with Crippen molar-refractivity contribution in [3.05, 3.63) is 101 Å². The molecule has 7 nitrogen and oxygen atoms in total. The topological polar surface area (TPSA) is 104 Å². The van der Waals surface area contributed by atoms with Crippen molar-refractivity contribution >= 4 is 17.6 Å². The van der Waals surface area contributed by atoms with E-state index in [-0.39, 0.29) is 11.8 Å². The highest BCUT2D eigenvalue weighted by Crippen LogP contribution is 2.28. The Bertz CT molecular complexity index is 1510. The number of benzene rings is 3. The van der Waals surface area contributed by atoms with Crippen LogP contribution in [0.3, 0.4) is 0 Å². The van der Waals surface area contributed by atoms with Gasteiger partial charge in [0.25, 0.3) is 5.91 Å². The van der Waals surface area contributed by atoms with Gasteiger partial charge in [0.05, 0.1) is 0 Å². The highest BCUT2D eigenvalue weighted by molar-refractivity contribution is 5.96. The number of anilines is 1. The van der Waals surface area contributed by atoms with Crippen molar-refractivity contribution in [2.75, 3.05) is 11.9 Å². The summed E-state index contributed by atoms with van der Waals surface area (Å²) in [6.45, 7) is 7.32. The summed E-state index contributed by atoms with van der Waals surface area (Å²) in [6.07, 6.45) is 6.02. The molecule has 3 N–H and O–H groups in total. The molecule has 0 fully saturated rings. The molecule has 0 saturated heterocycles. The molecule has 3 aromatic carbocycles. The Labute approximate surface area is 234 Å². The molecule has 0 spiro atoms. The second kappa shape index (κ2) is 11.3. The van der Waals surface area contributed by atoms with E-state index < -0.39 is 17.9 Å². The molecule has 40 heavy (non-hydrogen) atoms. The van der Waals surface area contributed by atoms with Crippen molar-refractivity contribution in [2.45, 2.75) is 51.5 Å². The zero-order valence-corrected chi connectivity index (χ0v) is 23.1. The number of hydrogen-bond acceptors (Lipinski definition) is 5. The normalized spacial score (nSPS) is 13.6. The Morgan fingerprint density at radius 1 is 0.925 bits per heavy atom. The highest BCUT2D eigenvalue weighted by atomic mass is 16.4. The number of aryl methyl sites for hydroxylation is 1. The minimum atomic E-state index is -1.08. The molecule has 1 aliphatic rings. The van der Waals surface area contributed by atoms with E-state index in [1.54, 1.807) is 12.1 Å². The van der Waals surface area contributed by atoms with E-state index in [0.717, 1.165) is 47.2 Å². The summed E-state index contributed by atoms with van der Waals surface area (Å²) in [5.74, 6) is -0.898. The van der Waals surface area contributed by atoms with Crippen LogP contribution in [0.5, 0.6) is 0 Å². The fourth-order valence-corrected chi connectivity index (χ4v) is 4.87. The van der Waals surface area contributed by atoms with Crippen LogP contribution in [0.15, 0.2) is 79.1 Å². The first-order valence-corrected chi connectivity index (χ1v) is 13.6. The van der Waals surface area contributed by atoms with E-state index in [1.807, 2.05) is 48.8 Å². The number of carboxylic acid groups (broad SMARTS) is 1. The number of amides is 1. The van der Waals surface area contributed by atoms with Crippen molar-refractivity contribution in [1.29, 1.82) is 0 Å². The average Bonchev–Trinajstić information content (AvgIpc) is 2.96. The molecule has 7 heteroatoms. The molecule has 0 saturated carbocycles. The van der Waals surface area contributed by atoms with Crippen molar-refractivity contribution in [1.82, 2.24) is 15.3 Å². The molecular weight excluding hydrogens is 500 g/mol. The Morgan fingerprint density at radius 2 is 1.60 bits per heavy atom. The number of nitrogens with one attached hydrogen (secondary N) is 2. The van der Waals surface area contributed by atoms with Crippen LogP contribution in [0.4, 0.5) is 5.69 Å². The maximum atomic E-state index is 12.8. The summed E-state index contributed by atoms with van der Waals surface area (Å²) in [6, 6.07) is 20.1. The number of nitrogens with zero attached hydrogens (tertiary/aromatic N) is 2. The molecule has 5 rings (SSSR count). The fourth-order valence-electron chi connectivity index (χ4n) is 4.87. The Balaban J connectivity index is 1.24. The molecule has 0 aliphatic carbocycles. The monoisotopic (exact) mass is 534 g/mol. The molecule has 1 atom stereocenters. The van der Waals surface area contributed by atoms with Gasteiger partial charge >= 0.3 is 5.97 Å². The lowest BCUT2D eigenvalue weighted by atomic mass is 9.86. The van der Waals surface area contributed by atoms with Crippen LogP contribution in [0.2, 0.25) is 0 Å². The lowest BCUT2D eigenvalue weighted by Crippen LogP contribution is -2.42. The second-order valence-corrected chi connectivity index (χ2v) is 11.3. The first-order valence-electron chi connectivity index (χ1n) is 13.6. The molecule has 0 unspecified atom stereocenters. The lowest BCUT2D eigenvalue weighted by molar-refractivity contribution is -0.139. The number of rotatable bonds is 7. The second-order valence-electron chi connectivity index (χ2n) is 11.3. The Hall–Kier alpha value is -4.52. The van der Waals surface area contributed by atoms with Crippen molar-refractivity contribution < 1.29 is 14.7 Å². The average molecular weight is 535 g/mol. The van der Waals surface area contributed by atoms with Crippen molar-refractivity contribution in [3.63, 3.8) is 0 Å². The largest absolute Gasteiger partial charge is 0.480 e. The predicted molar refractivity (Wildman–Crippen MR) is 157 cm³/mol. The van der Waals surface area contributed by atoms with E-state index in [9.17, 15) is 14.7 Å². The van der Waals surface area contributed by atoms with Crippen LogP contribution < -0.4 is 10.6 Å². The molecule has 1 aliphatic heterocycles. The summed E-state index contributed by atoms with van der Waals surface area (Å²) in [7, 11) is 0. The zero-order chi connectivity index (χ0) is 28.3. The summed E-state index contributed by atoms with van der Waals surface area (Å²) in [5.41, 5.74) is 7.70. The van der Waals surface area contributed by atoms with Crippen molar-refractivity contribution in [3.8, 4) is 22.5 Å². The number of hydrogen-bond donors (Lipinski definition) is 3. The summed E-state index contributed by atoms with van der Waals surface area (Å²) >= 11 is 0. The standard InChI is InChI=1S/C33H34N4O3/c1-33(2,3)27-13-10-23(11-14-27)31(38)37-29(32(39)40)17-21-6-8-22(9-7-21)30-35-19-26(20-36-30)24-12-15-28-25(18-24)5-4-16-34-28/h6-15,18-20,29,34H,4-5,16-17H2,1-3H3,(H,37,38)(H,39,40)/t29-/m0/s1. The van der Waals surface area contributed by atoms with Crippen LogP contribution in [0.1, 0.15) is 54.2 Å². The van der Waals surface area contributed by atoms with Gasteiger partial charge in [-0.25, -0.2) is 14.8 Å². The predicted octanol–water partition coefficient (Wildman–Crippen LogP) is 5.89. The number of carboxylic acids is 1. The Morgan fingerprint density at radius 3 is 2.25 bits per heavy atom. The van der Waals surface area contributed by atoms with Crippen molar-refractivity contribution in [2.24, 2.45) is 0 Å². The van der Waals surface area contributed by atoms with Crippen LogP contribution in [-0.2, 0) is 23.1 Å². The maximum Gasteiger partial charge on any atom is 0.326 e. The third kappa shape index (κ3) is 6.20. The smallest absolute Gasteiger partial charge is 0.326 e. The van der Waals surface area contributed by atoms with Gasteiger partial charge in [0.15, 0.2) is 5.82 Å². The lowest BCUT2D eigenvalue weighted by Gasteiger charge is -2.19. The minimum absolute atomic E-state index is 0.0306. The molecule has 1 amide bonds. The fraction of sp³-hybridized carbons (Fsp3) is 0.273. The van der Waals surface area contributed by atoms with Gasteiger partial charge < -0.3 is 15.7 Å². The number of carbonyl (C=O) groups excluding carboxylic acids is 1. The van der Waals surface area contributed by atoms with Gasteiger partial charge in [-0.3, -0.25) is 4.79 Å².